The van der Waals surface area contributed by atoms with Crippen molar-refractivity contribution in [3.8, 4) is 0 Å². The number of ether oxygens (including phenoxy) is 2. The maximum Gasteiger partial charge on any atom is 0.333 e. The van der Waals surface area contributed by atoms with Gasteiger partial charge in [0.15, 0.2) is 0 Å². The number of carbonyl (C=O) groups is 5. The van der Waals surface area contributed by atoms with Gasteiger partial charge in [0.2, 0.25) is 11.8 Å². The second kappa shape index (κ2) is 35.8. The van der Waals surface area contributed by atoms with Gasteiger partial charge in [0.1, 0.15) is 0 Å². The predicted molar refractivity (Wildman–Crippen MR) is 169 cm³/mol. The molecular formula is C25H48N14O8. The molecule has 6 N–H and O–H groups in total. The van der Waals surface area contributed by atoms with Crippen LogP contribution in [-0.4, -0.2) is 107 Å². The summed E-state index contributed by atoms with van der Waals surface area (Å²) in [6.45, 7) is 4.69. The zero-order valence-corrected chi connectivity index (χ0v) is 25.8. The van der Waals surface area contributed by atoms with Gasteiger partial charge < -0.3 is 36.4 Å². The Morgan fingerprint density at radius 1 is 0.702 bits per heavy atom. The van der Waals surface area contributed by atoms with E-state index in [0.717, 1.165) is 0 Å². The van der Waals surface area contributed by atoms with E-state index in [-0.39, 0.29) is 45.0 Å². The minimum atomic E-state index is -0.684. The Labute approximate surface area is 273 Å². The van der Waals surface area contributed by atoms with E-state index in [1.165, 1.54) is 0 Å². The van der Waals surface area contributed by atoms with E-state index in [2.05, 4.69) is 45.5 Å². The lowest BCUT2D eigenvalue weighted by Gasteiger charge is -2.11. The van der Waals surface area contributed by atoms with Crippen LogP contribution in [-0.2, 0) is 38.3 Å². The second-order valence-corrected chi connectivity index (χ2v) is 8.72. The SMILES string of the molecule is C.NCCOCCN.[N-]=[N+]=NCCCC(=O)NCCOCCNC(=O)CCCN=[N+]=[N-].[N-]=[N+]=NCCCC(=O)ON1C(=O)CCC1=O. The first-order valence-corrected chi connectivity index (χ1v) is 14.4. The van der Waals surface area contributed by atoms with Gasteiger partial charge in [-0.15, -0.1) is 5.06 Å². The summed E-state index contributed by atoms with van der Waals surface area (Å²) in [7, 11) is 0. The first-order chi connectivity index (χ1) is 22.3. The molecule has 0 unspecified atom stereocenters. The van der Waals surface area contributed by atoms with E-state index in [1.807, 2.05) is 0 Å². The molecular weight excluding hydrogens is 624 g/mol. The molecule has 1 aliphatic heterocycles. The Kier molecular flexibility index (Phi) is 35.6. The summed E-state index contributed by atoms with van der Waals surface area (Å²) in [5.74, 6) is -1.93. The van der Waals surface area contributed by atoms with Gasteiger partial charge in [-0.3, -0.25) is 19.2 Å². The van der Waals surface area contributed by atoms with E-state index in [0.29, 0.717) is 103 Å². The van der Waals surface area contributed by atoms with Crippen LogP contribution >= 0.6 is 0 Å². The number of hydrogen-bond acceptors (Lipinski definition) is 13. The van der Waals surface area contributed by atoms with Gasteiger partial charge >= 0.3 is 5.97 Å². The molecule has 1 aliphatic rings. The summed E-state index contributed by atoms with van der Waals surface area (Å²) in [6, 6.07) is 0. The number of nitrogens with two attached hydrogens (primary N) is 2. The van der Waals surface area contributed by atoms with Gasteiger partial charge in [-0.05, 0) is 35.9 Å². The topological polar surface area (TPSA) is 339 Å². The molecule has 0 spiro atoms. The van der Waals surface area contributed by atoms with Crippen molar-refractivity contribution in [2.75, 3.05) is 72.2 Å². The molecule has 4 amide bonds. The van der Waals surface area contributed by atoms with E-state index >= 15 is 0 Å². The smallest absolute Gasteiger partial charge is 0.333 e. The van der Waals surface area contributed by atoms with Crippen LogP contribution in [0.15, 0.2) is 15.3 Å². The third-order valence-corrected chi connectivity index (χ3v) is 5.01. The van der Waals surface area contributed by atoms with Crippen LogP contribution in [0, 0.1) is 0 Å². The zero-order valence-electron chi connectivity index (χ0n) is 25.8. The summed E-state index contributed by atoms with van der Waals surface area (Å²) >= 11 is 0. The molecule has 22 heteroatoms. The number of carbonyl (C=O) groups excluding carboxylic acids is 5. The zero-order chi connectivity index (χ0) is 34.7. The number of nitrogens with zero attached hydrogens (tertiary/aromatic N) is 10. The van der Waals surface area contributed by atoms with Crippen molar-refractivity contribution < 1.29 is 38.3 Å². The number of rotatable bonds is 23. The monoisotopic (exact) mass is 672 g/mol. The number of imide groups is 1. The molecule has 1 rings (SSSR count). The highest BCUT2D eigenvalue weighted by molar-refractivity contribution is 6.01. The lowest BCUT2D eigenvalue weighted by molar-refractivity contribution is -0.197. The van der Waals surface area contributed by atoms with Crippen molar-refractivity contribution in [1.82, 2.24) is 15.7 Å². The number of amides is 4. The van der Waals surface area contributed by atoms with Crippen molar-refractivity contribution in [3.05, 3.63) is 31.3 Å². The van der Waals surface area contributed by atoms with Gasteiger partial charge in [0.25, 0.3) is 11.8 Å². The molecule has 1 saturated heterocycles. The van der Waals surface area contributed by atoms with E-state index < -0.39 is 17.8 Å². The van der Waals surface area contributed by atoms with Gasteiger partial charge in [0.05, 0.1) is 26.4 Å². The van der Waals surface area contributed by atoms with Gasteiger partial charge in [-0.1, -0.05) is 22.8 Å². The first kappa shape index (κ1) is 46.7. The highest BCUT2D eigenvalue weighted by atomic mass is 16.7. The Bertz CT molecular complexity index is 985. The Morgan fingerprint density at radius 2 is 1.09 bits per heavy atom. The van der Waals surface area contributed by atoms with Crippen LogP contribution in [0.1, 0.15) is 58.8 Å². The minimum absolute atomic E-state index is 0. The highest BCUT2D eigenvalue weighted by Crippen LogP contribution is 2.12. The molecule has 0 aromatic heterocycles. The number of azide groups is 3. The third kappa shape index (κ3) is 32.5. The van der Waals surface area contributed by atoms with Crippen LogP contribution in [0.5, 0.6) is 0 Å². The van der Waals surface area contributed by atoms with Crippen LogP contribution in [0.25, 0.3) is 31.3 Å². The standard InChI is InChI=1S/C12H22N8O3.C8H10N4O4.C4H12N2O.CH4/c13-19-17-5-1-3-11(21)15-7-9-23-10-8-16-12(22)4-2-6-18-20-14;9-11-10-5-1-2-8(15)16-12-6(13)3-4-7(12)14;5-1-3-7-4-2-6;/h1-10H2,(H,15,21)(H,16,22);1-5H2;1-6H2;1H4. The van der Waals surface area contributed by atoms with Crippen molar-refractivity contribution in [3.63, 3.8) is 0 Å². The molecule has 1 heterocycles. The molecule has 266 valence electrons. The van der Waals surface area contributed by atoms with Gasteiger partial charge in [-0.25, -0.2) is 4.79 Å². The summed E-state index contributed by atoms with van der Waals surface area (Å²) in [5, 5.41) is 15.7. The fourth-order valence-electron chi connectivity index (χ4n) is 2.93. The van der Waals surface area contributed by atoms with E-state index in [1.54, 1.807) is 0 Å². The Hall–Kier alpha value is -4.68. The van der Waals surface area contributed by atoms with Crippen molar-refractivity contribution in [2.45, 2.75) is 58.8 Å². The van der Waals surface area contributed by atoms with E-state index in [4.69, 9.17) is 37.5 Å². The number of nitrogens with one attached hydrogen (secondary N) is 2. The molecule has 0 aliphatic carbocycles. The lowest BCUT2D eigenvalue weighted by Crippen LogP contribution is -2.32. The number of hydrogen-bond donors (Lipinski definition) is 4. The minimum Gasteiger partial charge on any atom is -0.379 e. The maximum atomic E-state index is 11.3. The molecule has 0 aromatic rings. The van der Waals surface area contributed by atoms with Crippen LogP contribution in [0.4, 0.5) is 0 Å². The van der Waals surface area contributed by atoms with Crippen LogP contribution in [0.3, 0.4) is 0 Å². The summed E-state index contributed by atoms with van der Waals surface area (Å²) < 4.78 is 10.1. The van der Waals surface area contributed by atoms with Gasteiger partial charge in [-0.2, -0.15) is 0 Å². The third-order valence-electron chi connectivity index (χ3n) is 5.01. The quantitative estimate of drug-likeness (QED) is 0.0399. The number of hydroxylamine groups is 2. The van der Waals surface area contributed by atoms with Gasteiger partial charge in [0, 0.05) is 92.7 Å². The van der Waals surface area contributed by atoms with Crippen LogP contribution in [0.2, 0.25) is 0 Å². The molecule has 47 heavy (non-hydrogen) atoms. The molecule has 1 fully saturated rings. The largest absolute Gasteiger partial charge is 0.379 e. The fourth-order valence-corrected chi connectivity index (χ4v) is 2.93. The average molecular weight is 673 g/mol. The summed E-state index contributed by atoms with van der Waals surface area (Å²) in [5.41, 5.74) is 34.3. The van der Waals surface area contributed by atoms with Crippen molar-refractivity contribution in [2.24, 2.45) is 26.8 Å². The lowest BCUT2D eigenvalue weighted by atomic mass is 10.3. The fraction of sp³-hybridized carbons (Fsp3) is 0.800. The normalized spacial score (nSPS) is 11.1. The van der Waals surface area contributed by atoms with Crippen LogP contribution < -0.4 is 22.1 Å². The molecule has 0 bridgehead atoms. The second-order valence-electron chi connectivity index (χ2n) is 8.72. The maximum absolute atomic E-state index is 11.3. The first-order valence-electron chi connectivity index (χ1n) is 14.4. The molecule has 0 aromatic carbocycles. The highest BCUT2D eigenvalue weighted by Gasteiger charge is 2.32. The Morgan fingerprint density at radius 3 is 1.47 bits per heavy atom. The molecule has 0 atom stereocenters. The molecule has 0 saturated carbocycles. The Balaban J connectivity index is -0.000000696. The van der Waals surface area contributed by atoms with Crippen molar-refractivity contribution in [1.29, 1.82) is 0 Å². The average Bonchev–Trinajstić information content (AvgIpc) is 3.36. The molecule has 0 radical (unpaired) electrons. The predicted octanol–water partition coefficient (Wildman–Crippen LogP) is 1.66. The molecule has 22 nitrogen and oxygen atoms in total. The summed E-state index contributed by atoms with van der Waals surface area (Å²) in [6.07, 6.45) is 2.12. The van der Waals surface area contributed by atoms with Crippen molar-refractivity contribution >= 4 is 29.6 Å². The van der Waals surface area contributed by atoms with E-state index in [9.17, 15) is 24.0 Å². The summed E-state index contributed by atoms with van der Waals surface area (Å²) in [4.78, 5) is 68.2.